The zero-order valence-electron chi connectivity index (χ0n) is 19.0. The van der Waals surface area contributed by atoms with Crippen molar-refractivity contribution in [1.82, 2.24) is 29.0 Å². The maximum atomic E-state index is 14.2. The fourth-order valence-electron chi connectivity index (χ4n) is 4.13. The van der Waals surface area contributed by atoms with Crippen LogP contribution in [0.2, 0.25) is 0 Å². The van der Waals surface area contributed by atoms with Crippen molar-refractivity contribution in [3.63, 3.8) is 0 Å². The number of nitrogens with zero attached hydrogens (tertiary/aromatic N) is 6. The van der Waals surface area contributed by atoms with E-state index in [0.717, 1.165) is 18.7 Å². The molecule has 4 aromatic heterocycles. The van der Waals surface area contributed by atoms with Crippen molar-refractivity contribution in [3.8, 4) is 11.4 Å². The second kappa shape index (κ2) is 10.4. The quantitative estimate of drug-likeness (QED) is 0.419. The monoisotopic (exact) mass is 508 g/mol. The van der Waals surface area contributed by atoms with Crippen molar-refractivity contribution in [2.24, 2.45) is 0 Å². The second-order valence-corrected chi connectivity index (χ2v) is 9.77. The van der Waals surface area contributed by atoms with Crippen molar-refractivity contribution in [2.45, 2.75) is 25.4 Å². The summed E-state index contributed by atoms with van der Waals surface area (Å²) in [6.45, 7) is 4.23. The summed E-state index contributed by atoms with van der Waals surface area (Å²) >= 11 is 0. The molecule has 3 N–H and O–H groups in total. The number of hydrogen-bond acceptors (Lipinski definition) is 7. The van der Waals surface area contributed by atoms with Gasteiger partial charge in [0.25, 0.3) is 0 Å². The third-order valence-corrected chi connectivity index (χ3v) is 7.06. The third-order valence-electron chi connectivity index (χ3n) is 5.88. The molecule has 0 saturated carbocycles. The smallest absolute Gasteiger partial charge is 0.173 e. The first-order valence-corrected chi connectivity index (χ1v) is 12.5. The molecule has 0 spiro atoms. The Kier molecular flexibility index (Phi) is 7.52. The number of aliphatic hydroxyl groups is 1. The SMILES string of the molecule is CCS(=O)Cn1nc(-c2cnc3c(F)cc(F)cn23)c2cnc(C(O)N3CCCOCC3)cc21.O. The van der Waals surface area contributed by atoms with E-state index in [-0.39, 0.29) is 17.0 Å². The minimum Gasteiger partial charge on any atom is -0.412 e. The normalized spacial score (nSPS) is 16.8. The molecule has 1 saturated heterocycles. The maximum absolute atomic E-state index is 14.2. The highest BCUT2D eigenvalue weighted by Gasteiger charge is 2.24. The Hall–Kier alpha value is -2.84. The fourth-order valence-corrected chi connectivity index (χ4v) is 4.78. The van der Waals surface area contributed by atoms with Crippen LogP contribution in [0, 0.1) is 11.6 Å². The van der Waals surface area contributed by atoms with E-state index in [1.165, 1.54) is 10.6 Å². The van der Waals surface area contributed by atoms with Crippen LogP contribution in [-0.4, -0.2) is 75.9 Å². The van der Waals surface area contributed by atoms with Gasteiger partial charge in [0.2, 0.25) is 0 Å². The summed E-state index contributed by atoms with van der Waals surface area (Å²) in [6.07, 6.45) is 4.00. The second-order valence-electron chi connectivity index (χ2n) is 8.05. The zero-order valence-corrected chi connectivity index (χ0v) is 19.8. The first-order chi connectivity index (χ1) is 16.5. The van der Waals surface area contributed by atoms with Crippen LogP contribution in [0.15, 0.2) is 30.7 Å². The lowest BCUT2D eigenvalue weighted by Gasteiger charge is -2.25. The molecule has 0 amide bonds. The molecule has 0 aromatic carbocycles. The molecule has 13 heteroatoms. The molecule has 5 rings (SSSR count). The standard InChI is InChI=1S/C22H24F2N6O3S.H2O/c1-2-34(32)13-30-18-9-17(22(31)28-4-3-6-33-7-5-28)25-10-15(18)20(27-30)19-11-26-21-16(24)8-14(23)12-29(19)21;/h8-12,22,31H,2-7,13H2,1H3;1H2. The van der Waals surface area contributed by atoms with Gasteiger partial charge in [-0.2, -0.15) is 5.10 Å². The Morgan fingerprint density at radius 1 is 1.20 bits per heavy atom. The molecule has 1 fully saturated rings. The number of halogens is 2. The average Bonchev–Trinajstić information content (AvgIpc) is 3.28. The zero-order chi connectivity index (χ0) is 23.8. The van der Waals surface area contributed by atoms with Gasteiger partial charge in [-0.25, -0.2) is 13.8 Å². The van der Waals surface area contributed by atoms with Crippen molar-refractivity contribution < 1.29 is 28.3 Å². The topological polar surface area (TPSA) is 129 Å². The van der Waals surface area contributed by atoms with Gasteiger partial charge in [-0.3, -0.25) is 23.2 Å². The summed E-state index contributed by atoms with van der Waals surface area (Å²) in [5.74, 6) is -0.960. The summed E-state index contributed by atoms with van der Waals surface area (Å²) < 4.78 is 48.9. The molecule has 1 aliphatic rings. The van der Waals surface area contributed by atoms with Crippen LogP contribution in [0.3, 0.4) is 0 Å². The Morgan fingerprint density at radius 3 is 2.83 bits per heavy atom. The van der Waals surface area contributed by atoms with Crippen molar-refractivity contribution in [2.75, 3.05) is 32.1 Å². The van der Waals surface area contributed by atoms with Gasteiger partial charge in [-0.05, 0) is 12.5 Å². The molecule has 0 radical (unpaired) electrons. The van der Waals surface area contributed by atoms with Crippen LogP contribution in [-0.2, 0) is 21.4 Å². The largest absolute Gasteiger partial charge is 0.412 e. The van der Waals surface area contributed by atoms with E-state index in [4.69, 9.17) is 4.74 Å². The molecule has 35 heavy (non-hydrogen) atoms. The molecule has 188 valence electrons. The Balaban J connectivity index is 0.00000289. The summed E-state index contributed by atoms with van der Waals surface area (Å²) in [7, 11) is -1.18. The Bertz CT molecular complexity index is 1370. The summed E-state index contributed by atoms with van der Waals surface area (Å²) in [5.41, 5.74) is 1.79. The van der Waals surface area contributed by atoms with Crippen LogP contribution in [0.4, 0.5) is 8.78 Å². The molecule has 10 nitrogen and oxygen atoms in total. The first-order valence-electron chi connectivity index (χ1n) is 11.0. The van der Waals surface area contributed by atoms with E-state index >= 15 is 0 Å². The average molecular weight is 509 g/mol. The highest BCUT2D eigenvalue weighted by Crippen LogP contribution is 2.31. The third kappa shape index (κ3) is 4.82. The number of imidazole rings is 1. The predicted molar refractivity (Wildman–Crippen MR) is 126 cm³/mol. The lowest BCUT2D eigenvalue weighted by Crippen LogP contribution is -2.31. The lowest BCUT2D eigenvalue weighted by atomic mass is 10.2. The number of pyridine rings is 2. The van der Waals surface area contributed by atoms with E-state index in [9.17, 15) is 18.1 Å². The van der Waals surface area contributed by atoms with Crippen molar-refractivity contribution >= 4 is 27.3 Å². The predicted octanol–water partition coefficient (Wildman–Crippen LogP) is 1.64. The number of fused-ring (bicyclic) bond motifs is 2. The molecule has 4 aromatic rings. The van der Waals surface area contributed by atoms with Crippen LogP contribution >= 0.6 is 0 Å². The van der Waals surface area contributed by atoms with Gasteiger partial charge in [0.1, 0.15) is 17.4 Å². The van der Waals surface area contributed by atoms with Crippen molar-refractivity contribution in [1.29, 1.82) is 0 Å². The number of aromatic nitrogens is 5. The van der Waals surface area contributed by atoms with E-state index < -0.39 is 28.7 Å². The van der Waals surface area contributed by atoms with E-state index in [0.29, 0.717) is 60.0 Å². The molecule has 5 heterocycles. The van der Waals surface area contributed by atoms with Crippen LogP contribution in [0.5, 0.6) is 0 Å². The number of aliphatic hydroxyl groups excluding tert-OH is 1. The van der Waals surface area contributed by atoms with Crippen LogP contribution in [0.1, 0.15) is 25.3 Å². The molecular weight excluding hydrogens is 482 g/mol. The van der Waals surface area contributed by atoms with Gasteiger partial charge in [0.15, 0.2) is 17.7 Å². The minimum atomic E-state index is -1.18. The molecule has 1 aliphatic heterocycles. The van der Waals surface area contributed by atoms with E-state index in [1.54, 1.807) is 16.9 Å². The summed E-state index contributed by atoms with van der Waals surface area (Å²) in [5, 5.41) is 16.2. The van der Waals surface area contributed by atoms with Gasteiger partial charge < -0.3 is 15.3 Å². The molecular formula is C22H26F2N6O4S. The van der Waals surface area contributed by atoms with Gasteiger partial charge in [0, 0.05) is 60.1 Å². The van der Waals surface area contributed by atoms with Crippen LogP contribution in [0.25, 0.3) is 27.9 Å². The number of rotatable bonds is 6. The summed E-state index contributed by atoms with van der Waals surface area (Å²) in [4.78, 5) is 10.4. The Morgan fingerprint density at radius 2 is 2.03 bits per heavy atom. The maximum Gasteiger partial charge on any atom is 0.173 e. The lowest BCUT2D eigenvalue weighted by molar-refractivity contribution is -0.00247. The minimum absolute atomic E-state index is 0. The number of hydrogen-bond donors (Lipinski definition) is 1. The first kappa shape index (κ1) is 25.3. The van der Waals surface area contributed by atoms with Gasteiger partial charge >= 0.3 is 0 Å². The van der Waals surface area contributed by atoms with E-state index in [2.05, 4.69) is 15.1 Å². The molecule has 0 bridgehead atoms. The fraction of sp³-hybridized carbons (Fsp3) is 0.409. The van der Waals surface area contributed by atoms with Gasteiger partial charge in [-0.1, -0.05) is 6.92 Å². The molecule has 2 atom stereocenters. The summed E-state index contributed by atoms with van der Waals surface area (Å²) in [6, 6.07) is 2.50. The Labute approximate surface area is 201 Å². The highest BCUT2D eigenvalue weighted by molar-refractivity contribution is 7.83. The molecule has 2 unspecified atom stereocenters. The molecule has 0 aliphatic carbocycles. The highest BCUT2D eigenvalue weighted by atomic mass is 32.2. The van der Waals surface area contributed by atoms with Crippen molar-refractivity contribution in [3.05, 3.63) is 48.1 Å². The number of ether oxygens (including phenoxy) is 1. The van der Waals surface area contributed by atoms with E-state index in [1.807, 2.05) is 11.8 Å². The van der Waals surface area contributed by atoms with Crippen LogP contribution < -0.4 is 0 Å². The van der Waals surface area contributed by atoms with Gasteiger partial charge in [-0.15, -0.1) is 0 Å². The van der Waals surface area contributed by atoms with Gasteiger partial charge in [0.05, 0.1) is 29.7 Å².